The zero-order chi connectivity index (χ0) is 15.4. The number of nitrogens with two attached hydrogens (primary N) is 1. The number of aromatic nitrogens is 1. The van der Waals surface area contributed by atoms with Gasteiger partial charge in [-0.2, -0.15) is 0 Å². The molecule has 0 spiro atoms. The number of hydrogen-bond acceptors (Lipinski definition) is 6. The fraction of sp³-hybridized carbons (Fsp3) is 0.538. The van der Waals surface area contributed by atoms with Crippen LogP contribution in [0.4, 0.5) is 11.5 Å². The number of nitrogens with zero attached hydrogens (tertiary/aromatic N) is 3. The van der Waals surface area contributed by atoms with Crippen molar-refractivity contribution in [2.45, 2.75) is 25.9 Å². The second kappa shape index (κ2) is 6.49. The molecule has 1 saturated heterocycles. The van der Waals surface area contributed by atoms with Gasteiger partial charge in [-0.3, -0.25) is 14.9 Å². The molecule has 1 aromatic heterocycles. The monoisotopic (exact) mass is 294 g/mol. The minimum Gasteiger partial charge on any atom is -0.383 e. The van der Waals surface area contributed by atoms with Crippen LogP contribution in [0.2, 0.25) is 0 Å². The van der Waals surface area contributed by atoms with E-state index in [9.17, 15) is 14.9 Å². The van der Waals surface area contributed by atoms with Gasteiger partial charge in [-0.15, -0.1) is 0 Å². The first-order valence-corrected chi connectivity index (χ1v) is 6.83. The molecule has 1 aliphatic heterocycles. The molecule has 1 aliphatic rings. The Balaban J connectivity index is 2.19. The summed E-state index contributed by atoms with van der Waals surface area (Å²) in [6.45, 7) is 3.48. The molecule has 21 heavy (non-hydrogen) atoms. The predicted octanol–water partition coefficient (Wildman–Crippen LogP) is 1.21. The Hall–Kier alpha value is -2.22. The third-order valence-electron chi connectivity index (χ3n) is 3.46. The summed E-state index contributed by atoms with van der Waals surface area (Å²) >= 11 is 0. The van der Waals surface area contributed by atoms with Crippen LogP contribution in [0.25, 0.3) is 0 Å². The van der Waals surface area contributed by atoms with E-state index in [4.69, 9.17) is 10.5 Å². The lowest BCUT2D eigenvalue weighted by Gasteiger charge is -2.24. The van der Waals surface area contributed by atoms with Crippen molar-refractivity contribution in [1.29, 1.82) is 0 Å². The largest absolute Gasteiger partial charge is 0.383 e. The number of nitrogen functional groups attached to an aromatic ring is 1. The lowest BCUT2D eigenvalue weighted by atomic mass is 10.1. The molecule has 1 atom stereocenters. The van der Waals surface area contributed by atoms with Gasteiger partial charge in [0, 0.05) is 25.8 Å². The fourth-order valence-corrected chi connectivity index (χ4v) is 2.30. The van der Waals surface area contributed by atoms with E-state index in [1.165, 1.54) is 6.07 Å². The van der Waals surface area contributed by atoms with Gasteiger partial charge in [0.05, 0.1) is 16.6 Å². The van der Waals surface area contributed by atoms with Gasteiger partial charge in [-0.25, -0.2) is 4.98 Å². The van der Waals surface area contributed by atoms with Crippen molar-refractivity contribution in [1.82, 2.24) is 9.88 Å². The number of ether oxygens (including phenoxy) is 1. The zero-order valence-corrected chi connectivity index (χ0v) is 11.8. The summed E-state index contributed by atoms with van der Waals surface area (Å²) in [4.78, 5) is 28.0. The average Bonchev–Trinajstić information content (AvgIpc) is 2.97. The molecule has 2 rings (SSSR count). The molecule has 8 nitrogen and oxygen atoms in total. The maximum Gasteiger partial charge on any atom is 0.288 e. The molecule has 1 fully saturated rings. The smallest absolute Gasteiger partial charge is 0.288 e. The highest BCUT2D eigenvalue weighted by Gasteiger charge is 2.25. The Morgan fingerprint density at radius 3 is 3.00 bits per heavy atom. The molecule has 0 radical (unpaired) electrons. The van der Waals surface area contributed by atoms with Crippen molar-refractivity contribution in [3.8, 4) is 0 Å². The van der Waals surface area contributed by atoms with Crippen molar-refractivity contribution in [2.24, 2.45) is 0 Å². The Labute approximate surface area is 122 Å². The van der Waals surface area contributed by atoms with Crippen LogP contribution in [0.3, 0.4) is 0 Å². The van der Waals surface area contributed by atoms with Crippen LogP contribution in [0.1, 0.15) is 30.1 Å². The third kappa shape index (κ3) is 3.46. The van der Waals surface area contributed by atoms with Crippen LogP contribution in [-0.2, 0) is 4.74 Å². The molecular weight excluding hydrogens is 276 g/mol. The van der Waals surface area contributed by atoms with E-state index < -0.39 is 4.92 Å². The minimum absolute atomic E-state index is 0.00334. The number of anilines is 1. The highest BCUT2D eigenvalue weighted by molar-refractivity contribution is 5.98. The second-order valence-corrected chi connectivity index (χ2v) is 4.86. The van der Waals surface area contributed by atoms with E-state index in [0.29, 0.717) is 19.7 Å². The molecule has 2 N–H and O–H groups in total. The Morgan fingerprint density at radius 2 is 2.43 bits per heavy atom. The molecule has 0 aromatic carbocycles. The molecule has 8 heteroatoms. The highest BCUT2D eigenvalue weighted by atomic mass is 16.6. The fourth-order valence-electron chi connectivity index (χ4n) is 2.30. The second-order valence-electron chi connectivity index (χ2n) is 4.86. The number of carbonyl (C=O) groups is 1. The van der Waals surface area contributed by atoms with Gasteiger partial charge in [0.25, 0.3) is 11.6 Å². The molecule has 1 amide bonds. The van der Waals surface area contributed by atoms with E-state index in [1.807, 2.05) is 6.92 Å². The first-order valence-electron chi connectivity index (χ1n) is 6.83. The minimum atomic E-state index is -0.598. The maximum atomic E-state index is 12.5. The number of pyridine rings is 1. The van der Waals surface area contributed by atoms with Crippen molar-refractivity contribution in [3.63, 3.8) is 0 Å². The summed E-state index contributed by atoms with van der Waals surface area (Å²) in [5.74, 6) is -0.363. The van der Waals surface area contributed by atoms with Gasteiger partial charge in [-0.05, 0) is 19.8 Å². The lowest BCUT2D eigenvalue weighted by Crippen LogP contribution is -2.37. The van der Waals surface area contributed by atoms with Gasteiger partial charge in [0.2, 0.25) is 0 Å². The van der Waals surface area contributed by atoms with E-state index in [-0.39, 0.29) is 29.1 Å². The van der Waals surface area contributed by atoms with Gasteiger partial charge < -0.3 is 15.4 Å². The summed E-state index contributed by atoms with van der Waals surface area (Å²) in [6.07, 6.45) is 2.95. The third-order valence-corrected chi connectivity index (χ3v) is 3.46. The number of likely N-dealkylation sites (N-methyl/N-ethyl adjacent to an activating group) is 1. The summed E-state index contributed by atoms with van der Waals surface area (Å²) < 4.78 is 5.51. The number of rotatable bonds is 5. The van der Waals surface area contributed by atoms with Crippen LogP contribution in [0, 0.1) is 10.1 Å². The predicted molar refractivity (Wildman–Crippen MR) is 75.9 cm³/mol. The van der Waals surface area contributed by atoms with Gasteiger partial charge >= 0.3 is 0 Å². The molecule has 0 aliphatic carbocycles. The van der Waals surface area contributed by atoms with Gasteiger partial charge in [0.15, 0.2) is 0 Å². The highest BCUT2D eigenvalue weighted by Crippen LogP contribution is 2.20. The topological polar surface area (TPSA) is 112 Å². The maximum absolute atomic E-state index is 12.5. The summed E-state index contributed by atoms with van der Waals surface area (Å²) in [5, 5.41) is 10.8. The van der Waals surface area contributed by atoms with Crippen molar-refractivity contribution in [3.05, 3.63) is 27.9 Å². The number of hydrogen-bond donors (Lipinski definition) is 1. The number of carbonyl (C=O) groups excluding carboxylic acids is 1. The van der Waals surface area contributed by atoms with E-state index in [2.05, 4.69) is 4.98 Å². The summed E-state index contributed by atoms with van der Waals surface area (Å²) in [5.41, 5.74) is 5.49. The molecule has 1 aromatic rings. The van der Waals surface area contributed by atoms with Crippen LogP contribution in [0.5, 0.6) is 0 Å². The SMILES string of the molecule is CCN(CC1CCCO1)C(=O)c1cc([N+](=O)[O-])cnc1N. The Bertz CT molecular complexity index is 543. The first-order chi connectivity index (χ1) is 10.0. The van der Waals surface area contributed by atoms with E-state index in [0.717, 1.165) is 19.0 Å². The van der Waals surface area contributed by atoms with Crippen molar-refractivity contribution < 1.29 is 14.5 Å². The Morgan fingerprint density at radius 1 is 1.67 bits per heavy atom. The van der Waals surface area contributed by atoms with E-state index >= 15 is 0 Å². The molecule has 0 saturated carbocycles. The van der Waals surface area contributed by atoms with Crippen molar-refractivity contribution in [2.75, 3.05) is 25.4 Å². The molecule has 2 heterocycles. The molecule has 0 bridgehead atoms. The molecule has 114 valence electrons. The average molecular weight is 294 g/mol. The van der Waals surface area contributed by atoms with Crippen LogP contribution in [0.15, 0.2) is 12.3 Å². The Kier molecular flexibility index (Phi) is 4.69. The van der Waals surface area contributed by atoms with Crippen LogP contribution in [-0.4, -0.2) is 46.5 Å². The van der Waals surface area contributed by atoms with Crippen molar-refractivity contribution >= 4 is 17.4 Å². The quantitative estimate of drug-likeness (QED) is 0.645. The van der Waals surface area contributed by atoms with Gasteiger partial charge in [-0.1, -0.05) is 0 Å². The van der Waals surface area contributed by atoms with Crippen LogP contribution >= 0.6 is 0 Å². The molecule has 1 unspecified atom stereocenters. The number of amides is 1. The van der Waals surface area contributed by atoms with Crippen LogP contribution < -0.4 is 5.73 Å². The summed E-state index contributed by atoms with van der Waals surface area (Å²) in [6, 6.07) is 1.17. The summed E-state index contributed by atoms with van der Waals surface area (Å²) in [7, 11) is 0. The lowest BCUT2D eigenvalue weighted by molar-refractivity contribution is -0.385. The standard InChI is InChI=1S/C13H18N4O4/c1-2-16(8-10-4-3-5-21-10)13(18)11-6-9(17(19)20)7-15-12(11)14/h6-7,10H,2-5,8H2,1H3,(H2,14,15). The normalized spacial score (nSPS) is 17.7. The first kappa shape index (κ1) is 15.2. The molecular formula is C13H18N4O4. The zero-order valence-electron chi connectivity index (χ0n) is 11.8. The number of nitro groups is 1. The van der Waals surface area contributed by atoms with Gasteiger partial charge in [0.1, 0.15) is 12.0 Å². The van der Waals surface area contributed by atoms with E-state index in [1.54, 1.807) is 4.90 Å².